The van der Waals surface area contributed by atoms with E-state index >= 15 is 0 Å². The summed E-state index contributed by atoms with van der Waals surface area (Å²) in [5.74, 6) is 0.599. The minimum Gasteiger partial charge on any atom is -0.368 e. The number of hydrogen-bond donors (Lipinski definition) is 2. The van der Waals surface area contributed by atoms with E-state index in [9.17, 15) is 0 Å². The molecular formula is C5H7N5. The van der Waals surface area contributed by atoms with Gasteiger partial charge in [0.15, 0.2) is 0 Å². The first-order valence-electron chi connectivity index (χ1n) is 2.65. The Bertz CT molecular complexity index is 233. The zero-order chi connectivity index (χ0) is 7.40. The highest BCUT2D eigenvalue weighted by Gasteiger charge is 1.91. The van der Waals surface area contributed by atoms with Crippen molar-refractivity contribution in [3.8, 4) is 0 Å². The van der Waals surface area contributed by atoms with Crippen molar-refractivity contribution < 1.29 is 0 Å². The molecule has 1 aromatic rings. The SMILES string of the molecule is C=CNc1ncnc(N)n1. The molecular weight excluding hydrogens is 130 g/mol. The molecule has 1 rings (SSSR count). The maximum absolute atomic E-state index is 5.25. The van der Waals surface area contributed by atoms with Crippen LogP contribution in [0.15, 0.2) is 19.1 Å². The zero-order valence-electron chi connectivity index (χ0n) is 5.28. The second-order valence-electron chi connectivity index (χ2n) is 1.52. The molecule has 0 amide bonds. The first kappa shape index (κ1) is 6.47. The van der Waals surface area contributed by atoms with Gasteiger partial charge in [-0.3, -0.25) is 0 Å². The molecule has 0 saturated carbocycles. The van der Waals surface area contributed by atoms with Crippen molar-refractivity contribution >= 4 is 11.9 Å². The van der Waals surface area contributed by atoms with Crippen LogP contribution in [0.25, 0.3) is 0 Å². The second kappa shape index (κ2) is 2.77. The summed E-state index contributed by atoms with van der Waals surface area (Å²) in [6.45, 7) is 3.43. The van der Waals surface area contributed by atoms with Crippen molar-refractivity contribution in [2.75, 3.05) is 11.1 Å². The van der Waals surface area contributed by atoms with Gasteiger partial charge in [-0.15, -0.1) is 0 Å². The highest BCUT2D eigenvalue weighted by Crippen LogP contribution is 1.95. The van der Waals surface area contributed by atoms with E-state index in [4.69, 9.17) is 5.73 Å². The number of rotatable bonds is 2. The van der Waals surface area contributed by atoms with Crippen LogP contribution in [0.3, 0.4) is 0 Å². The fourth-order valence-electron chi connectivity index (χ4n) is 0.470. The second-order valence-corrected chi connectivity index (χ2v) is 1.52. The molecule has 5 nitrogen and oxygen atoms in total. The van der Waals surface area contributed by atoms with Crippen molar-refractivity contribution in [3.05, 3.63) is 19.1 Å². The molecule has 0 fully saturated rings. The van der Waals surface area contributed by atoms with Crippen molar-refractivity contribution in [2.24, 2.45) is 0 Å². The lowest BCUT2D eigenvalue weighted by Crippen LogP contribution is -2.00. The topological polar surface area (TPSA) is 76.7 Å². The highest BCUT2D eigenvalue weighted by atomic mass is 15.2. The zero-order valence-corrected chi connectivity index (χ0v) is 5.28. The van der Waals surface area contributed by atoms with E-state index in [1.165, 1.54) is 12.5 Å². The predicted octanol–water partition coefficient (Wildman–Crippen LogP) is 0.00920. The molecule has 0 aliphatic carbocycles. The normalized spacial score (nSPS) is 8.80. The molecule has 0 bridgehead atoms. The lowest BCUT2D eigenvalue weighted by molar-refractivity contribution is 1.07. The van der Waals surface area contributed by atoms with E-state index in [0.29, 0.717) is 5.95 Å². The largest absolute Gasteiger partial charge is 0.368 e. The Labute approximate surface area is 58.0 Å². The van der Waals surface area contributed by atoms with Gasteiger partial charge in [0.2, 0.25) is 11.9 Å². The summed E-state index contributed by atoms with van der Waals surface area (Å²) in [6.07, 6.45) is 2.79. The summed E-state index contributed by atoms with van der Waals surface area (Å²) in [5.41, 5.74) is 5.25. The molecule has 0 radical (unpaired) electrons. The number of nitrogens with two attached hydrogens (primary N) is 1. The van der Waals surface area contributed by atoms with Gasteiger partial charge in [0.25, 0.3) is 0 Å². The molecule has 10 heavy (non-hydrogen) atoms. The average Bonchev–Trinajstić information content (AvgIpc) is 1.88. The van der Waals surface area contributed by atoms with Gasteiger partial charge in [-0.1, -0.05) is 6.58 Å². The van der Waals surface area contributed by atoms with Gasteiger partial charge in [0.1, 0.15) is 6.33 Å². The number of nitrogen functional groups attached to an aromatic ring is 1. The van der Waals surface area contributed by atoms with Gasteiger partial charge in [-0.25, -0.2) is 9.97 Å². The molecule has 0 saturated heterocycles. The predicted molar refractivity (Wildman–Crippen MR) is 38.1 cm³/mol. The van der Waals surface area contributed by atoms with Crippen LogP contribution < -0.4 is 11.1 Å². The van der Waals surface area contributed by atoms with Crippen molar-refractivity contribution in [3.63, 3.8) is 0 Å². The minimum atomic E-state index is 0.194. The molecule has 5 heteroatoms. The average molecular weight is 137 g/mol. The summed E-state index contributed by atoms with van der Waals surface area (Å²) in [5, 5.41) is 2.67. The van der Waals surface area contributed by atoms with Gasteiger partial charge >= 0.3 is 0 Å². The number of anilines is 2. The van der Waals surface area contributed by atoms with Gasteiger partial charge in [0.05, 0.1) is 0 Å². The summed E-state index contributed by atoms with van der Waals surface area (Å²) < 4.78 is 0. The van der Waals surface area contributed by atoms with E-state index in [1.807, 2.05) is 0 Å². The molecule has 0 atom stereocenters. The number of aromatic nitrogens is 3. The van der Waals surface area contributed by atoms with Gasteiger partial charge in [-0.05, 0) is 6.20 Å². The summed E-state index contributed by atoms with van der Waals surface area (Å²) in [7, 11) is 0. The fraction of sp³-hybridized carbons (Fsp3) is 0. The fourth-order valence-corrected chi connectivity index (χ4v) is 0.470. The number of nitrogens with one attached hydrogen (secondary N) is 1. The maximum atomic E-state index is 5.25. The number of hydrogen-bond acceptors (Lipinski definition) is 5. The lowest BCUT2D eigenvalue weighted by atomic mass is 10.8. The van der Waals surface area contributed by atoms with Crippen molar-refractivity contribution in [1.29, 1.82) is 0 Å². The Morgan fingerprint density at radius 3 is 3.00 bits per heavy atom. The maximum Gasteiger partial charge on any atom is 0.231 e. The first-order valence-corrected chi connectivity index (χ1v) is 2.65. The van der Waals surface area contributed by atoms with E-state index in [2.05, 4.69) is 26.8 Å². The molecule has 3 N–H and O–H groups in total. The van der Waals surface area contributed by atoms with Gasteiger partial charge < -0.3 is 11.1 Å². The van der Waals surface area contributed by atoms with E-state index in [1.54, 1.807) is 0 Å². The Morgan fingerprint density at radius 2 is 2.40 bits per heavy atom. The van der Waals surface area contributed by atoms with Crippen LogP contribution >= 0.6 is 0 Å². The van der Waals surface area contributed by atoms with Crippen molar-refractivity contribution in [1.82, 2.24) is 15.0 Å². The molecule has 0 aromatic carbocycles. The molecule has 0 aliphatic rings. The standard InChI is InChI=1S/C5H7N5/c1-2-7-5-9-3-8-4(6)10-5/h2-3H,1H2,(H3,6,7,8,9,10). The molecule has 1 heterocycles. The third-order valence-electron chi connectivity index (χ3n) is 0.822. The third kappa shape index (κ3) is 1.41. The third-order valence-corrected chi connectivity index (χ3v) is 0.822. The number of nitrogens with zero attached hydrogens (tertiary/aromatic N) is 3. The van der Waals surface area contributed by atoms with Crippen LogP contribution in [0.1, 0.15) is 0 Å². The summed E-state index contributed by atoms with van der Waals surface area (Å²) in [4.78, 5) is 11.1. The lowest BCUT2D eigenvalue weighted by Gasteiger charge is -1.95. The molecule has 0 aliphatic heterocycles. The van der Waals surface area contributed by atoms with E-state index < -0.39 is 0 Å². The Hall–Kier alpha value is -1.65. The summed E-state index contributed by atoms with van der Waals surface area (Å²) >= 11 is 0. The Kier molecular flexibility index (Phi) is 1.79. The quantitative estimate of drug-likeness (QED) is 0.600. The molecule has 0 unspecified atom stereocenters. The van der Waals surface area contributed by atoms with Crippen LogP contribution in [-0.2, 0) is 0 Å². The van der Waals surface area contributed by atoms with Crippen molar-refractivity contribution in [2.45, 2.75) is 0 Å². The summed E-state index contributed by atoms with van der Waals surface area (Å²) in [6, 6.07) is 0. The Morgan fingerprint density at radius 1 is 1.60 bits per heavy atom. The first-order chi connectivity index (χ1) is 4.83. The Balaban J connectivity index is 2.84. The van der Waals surface area contributed by atoms with Crippen LogP contribution in [0.2, 0.25) is 0 Å². The van der Waals surface area contributed by atoms with Crippen LogP contribution in [-0.4, -0.2) is 15.0 Å². The van der Waals surface area contributed by atoms with Gasteiger partial charge in [-0.2, -0.15) is 4.98 Å². The molecule has 1 aromatic heterocycles. The smallest absolute Gasteiger partial charge is 0.231 e. The van der Waals surface area contributed by atoms with Crippen LogP contribution in [0, 0.1) is 0 Å². The molecule has 52 valence electrons. The highest BCUT2D eigenvalue weighted by molar-refractivity contribution is 5.31. The van der Waals surface area contributed by atoms with Crippen LogP contribution in [0.5, 0.6) is 0 Å². The van der Waals surface area contributed by atoms with Crippen LogP contribution in [0.4, 0.5) is 11.9 Å². The monoisotopic (exact) mass is 137 g/mol. The van der Waals surface area contributed by atoms with Gasteiger partial charge in [0, 0.05) is 0 Å². The van der Waals surface area contributed by atoms with E-state index in [-0.39, 0.29) is 5.95 Å². The minimum absolute atomic E-state index is 0.194. The molecule has 0 spiro atoms. The van der Waals surface area contributed by atoms with E-state index in [0.717, 1.165) is 0 Å².